The summed E-state index contributed by atoms with van der Waals surface area (Å²) < 4.78 is 35.8. The standard InChI is InChI=1S/C50H83N3O14/c1-16-37-50(10,61)44(57)33(8)53(14)25-28(3)24-49(9,60)45(31(6)41(55)32(7)46(58)66-37)67-48-40(51(11)12)36(23-29(4)65-48)52(13)21-22-63-38(54)20-18-27(2)17-19-34-42(56)39-35(26-64-47(39)59)30(5)43(34)62-15/h17,28-29,31-33,36-37,40-41,44-45,48,55-57,60-61H,16,18-26H2,1-15H3/t28-,29-,31+,32-,33-,36-,37-,40+,41+,44-,45-,48+,49-,50-/m1/s1. The maximum Gasteiger partial charge on any atom is 0.342 e. The number of phenolic OH excluding ortho intramolecular Hbond substituents is 1. The highest BCUT2D eigenvalue weighted by Gasteiger charge is 2.50. The number of benzene rings is 1. The number of nitrogens with zero attached hydrogens (tertiary/aromatic N) is 3. The lowest BCUT2D eigenvalue weighted by Crippen LogP contribution is -2.63. The number of rotatable bonds is 14. The van der Waals surface area contributed by atoms with Crippen LogP contribution in [0, 0.1) is 24.7 Å². The highest BCUT2D eigenvalue weighted by molar-refractivity contribution is 5.98. The highest BCUT2D eigenvalue weighted by atomic mass is 16.7. The molecule has 4 rings (SSSR count). The molecule has 2 fully saturated rings. The molecule has 0 amide bonds. The number of ether oxygens (including phenoxy) is 6. The molecule has 5 N–H and O–H groups in total. The molecule has 0 aromatic heterocycles. The predicted octanol–water partition coefficient (Wildman–Crippen LogP) is 4.12. The minimum atomic E-state index is -1.79. The number of aliphatic hydroxyl groups excluding tert-OH is 2. The number of carbonyl (C=O) groups is 3. The van der Waals surface area contributed by atoms with Crippen molar-refractivity contribution < 1.29 is 68.3 Å². The maximum atomic E-state index is 13.7. The lowest BCUT2D eigenvalue weighted by Gasteiger charge is -2.50. The summed E-state index contributed by atoms with van der Waals surface area (Å²) in [6.07, 6.45) is -2.01. The van der Waals surface area contributed by atoms with Crippen LogP contribution in [0.15, 0.2) is 11.6 Å². The summed E-state index contributed by atoms with van der Waals surface area (Å²) in [5.74, 6) is -3.35. The van der Waals surface area contributed by atoms with Gasteiger partial charge < -0.3 is 63.8 Å². The fourth-order valence-electron chi connectivity index (χ4n) is 10.5. The van der Waals surface area contributed by atoms with E-state index in [4.69, 9.17) is 28.4 Å². The Morgan fingerprint density at radius 2 is 1.70 bits per heavy atom. The number of hydrogen-bond acceptors (Lipinski definition) is 17. The van der Waals surface area contributed by atoms with Crippen LogP contribution in [0.3, 0.4) is 0 Å². The van der Waals surface area contributed by atoms with E-state index in [9.17, 15) is 39.9 Å². The summed E-state index contributed by atoms with van der Waals surface area (Å²) in [7, 11) is 9.16. The molecular formula is C50H83N3O14. The normalized spacial score (nSPS) is 35.1. The van der Waals surface area contributed by atoms with E-state index in [2.05, 4.69) is 4.90 Å². The fourth-order valence-corrected chi connectivity index (χ4v) is 10.5. The molecule has 67 heavy (non-hydrogen) atoms. The van der Waals surface area contributed by atoms with E-state index in [-0.39, 0.29) is 73.9 Å². The summed E-state index contributed by atoms with van der Waals surface area (Å²) in [5, 5.41) is 58.3. The van der Waals surface area contributed by atoms with Crippen molar-refractivity contribution in [3.05, 3.63) is 33.9 Å². The van der Waals surface area contributed by atoms with Gasteiger partial charge in [-0.1, -0.05) is 32.4 Å². The zero-order chi connectivity index (χ0) is 50.5. The number of allylic oxidation sites excluding steroid dienone is 2. The molecular weight excluding hydrogens is 867 g/mol. The van der Waals surface area contributed by atoms with Crippen LogP contribution in [-0.2, 0) is 46.3 Å². The van der Waals surface area contributed by atoms with Gasteiger partial charge in [0.25, 0.3) is 0 Å². The van der Waals surface area contributed by atoms with E-state index >= 15 is 0 Å². The molecule has 2 saturated heterocycles. The molecule has 382 valence electrons. The second-order valence-corrected chi connectivity index (χ2v) is 20.5. The van der Waals surface area contributed by atoms with Gasteiger partial charge in [0.15, 0.2) is 6.29 Å². The summed E-state index contributed by atoms with van der Waals surface area (Å²) in [6, 6.07) is -1.06. The number of likely N-dealkylation sites (N-methyl/N-ethyl adjacent to an activating group) is 3. The topological polar surface area (TPSA) is 217 Å². The Balaban J connectivity index is 1.47. The second kappa shape index (κ2) is 23.5. The molecule has 0 aliphatic carbocycles. The van der Waals surface area contributed by atoms with Crippen LogP contribution in [0.2, 0.25) is 0 Å². The Bertz CT molecular complexity index is 1890. The minimum absolute atomic E-state index is 0.0898. The van der Waals surface area contributed by atoms with Crippen LogP contribution in [0.25, 0.3) is 0 Å². The molecule has 3 aliphatic heterocycles. The Kier molecular flexibility index (Phi) is 19.7. The Labute approximate surface area is 398 Å². The first kappa shape index (κ1) is 56.2. The van der Waals surface area contributed by atoms with Crippen LogP contribution < -0.4 is 4.74 Å². The van der Waals surface area contributed by atoms with Gasteiger partial charge in [0.05, 0.1) is 43.0 Å². The third-order valence-corrected chi connectivity index (χ3v) is 14.7. The van der Waals surface area contributed by atoms with Crippen molar-refractivity contribution >= 4 is 17.9 Å². The molecule has 0 radical (unpaired) electrons. The van der Waals surface area contributed by atoms with Crippen molar-refractivity contribution in [1.82, 2.24) is 14.7 Å². The fraction of sp³-hybridized carbons (Fsp3) is 0.780. The minimum Gasteiger partial charge on any atom is -0.507 e. The van der Waals surface area contributed by atoms with E-state index in [1.165, 1.54) is 14.0 Å². The maximum absolute atomic E-state index is 13.7. The molecule has 0 saturated carbocycles. The van der Waals surface area contributed by atoms with Gasteiger partial charge in [-0.3, -0.25) is 14.5 Å². The molecule has 0 spiro atoms. The molecule has 1 aromatic carbocycles. The van der Waals surface area contributed by atoms with E-state index in [1.54, 1.807) is 34.6 Å². The van der Waals surface area contributed by atoms with Gasteiger partial charge in [0.2, 0.25) is 0 Å². The number of fused-ring (bicyclic) bond motifs is 1. The Morgan fingerprint density at radius 3 is 2.31 bits per heavy atom. The van der Waals surface area contributed by atoms with Crippen molar-refractivity contribution in [1.29, 1.82) is 0 Å². The van der Waals surface area contributed by atoms with E-state index < -0.39 is 71.7 Å². The van der Waals surface area contributed by atoms with Crippen molar-refractivity contribution in [2.75, 3.05) is 55.0 Å². The number of esters is 3. The van der Waals surface area contributed by atoms with Crippen molar-refractivity contribution in [2.24, 2.45) is 17.8 Å². The first-order valence-corrected chi connectivity index (χ1v) is 24.0. The zero-order valence-corrected chi connectivity index (χ0v) is 42.8. The molecule has 14 atom stereocenters. The van der Waals surface area contributed by atoms with Crippen LogP contribution in [0.5, 0.6) is 11.5 Å². The molecule has 3 aliphatic rings. The quantitative estimate of drug-likeness (QED) is 0.101. The monoisotopic (exact) mass is 950 g/mol. The number of aliphatic hydroxyl groups is 4. The molecule has 17 nitrogen and oxygen atoms in total. The molecule has 0 unspecified atom stereocenters. The van der Waals surface area contributed by atoms with E-state index in [0.717, 1.165) is 11.1 Å². The number of hydrogen-bond donors (Lipinski definition) is 5. The molecule has 17 heteroatoms. The number of methoxy groups -OCH3 is 1. The van der Waals surface area contributed by atoms with Gasteiger partial charge >= 0.3 is 17.9 Å². The van der Waals surface area contributed by atoms with Gasteiger partial charge in [-0.25, -0.2) is 4.79 Å². The van der Waals surface area contributed by atoms with Crippen molar-refractivity contribution in [3.63, 3.8) is 0 Å². The third kappa shape index (κ3) is 13.1. The number of phenols is 1. The Hall–Kier alpha value is -3.39. The Morgan fingerprint density at radius 1 is 1.04 bits per heavy atom. The van der Waals surface area contributed by atoms with Crippen molar-refractivity contribution in [2.45, 2.75) is 181 Å². The van der Waals surface area contributed by atoms with Crippen molar-refractivity contribution in [3.8, 4) is 11.5 Å². The highest BCUT2D eigenvalue weighted by Crippen LogP contribution is 2.42. The van der Waals surface area contributed by atoms with Gasteiger partial charge in [0.1, 0.15) is 48.1 Å². The molecule has 3 heterocycles. The summed E-state index contributed by atoms with van der Waals surface area (Å²) in [6.45, 7) is 18.7. The van der Waals surface area contributed by atoms with Crippen LogP contribution in [-0.4, -0.2) is 179 Å². The molecule has 0 bridgehead atoms. The smallest absolute Gasteiger partial charge is 0.342 e. The number of cyclic esters (lactones) is 2. The van der Waals surface area contributed by atoms with Crippen LogP contribution in [0.4, 0.5) is 0 Å². The van der Waals surface area contributed by atoms with Crippen LogP contribution >= 0.6 is 0 Å². The number of carbonyl (C=O) groups excluding carboxylic acids is 3. The summed E-state index contributed by atoms with van der Waals surface area (Å²) >= 11 is 0. The first-order valence-electron chi connectivity index (χ1n) is 24.0. The first-order chi connectivity index (χ1) is 31.2. The predicted molar refractivity (Wildman–Crippen MR) is 252 cm³/mol. The average molecular weight is 950 g/mol. The molecule has 1 aromatic rings. The van der Waals surface area contributed by atoms with E-state index in [0.29, 0.717) is 49.2 Å². The van der Waals surface area contributed by atoms with Gasteiger partial charge in [-0.2, -0.15) is 0 Å². The van der Waals surface area contributed by atoms with Gasteiger partial charge in [0, 0.05) is 48.6 Å². The summed E-state index contributed by atoms with van der Waals surface area (Å²) in [4.78, 5) is 45.1. The zero-order valence-electron chi connectivity index (χ0n) is 42.8. The average Bonchev–Trinajstić information content (AvgIpc) is 3.66. The second-order valence-electron chi connectivity index (χ2n) is 20.5. The lowest BCUT2D eigenvalue weighted by molar-refractivity contribution is -0.287. The lowest BCUT2D eigenvalue weighted by atomic mass is 9.78. The number of aromatic hydroxyl groups is 1. The SMILES string of the molecule is CC[C@H]1OC(=O)[C@H](C)[C@@H](O)[C@H](C)[C@@H](O[C@@H]2O[C@H](C)C[C@@H](N(C)CCOC(=O)CCC(C)=CCc3c(O)c4c(c(C)c3OC)COC4=O)[C@@H]2N(C)C)[C@](C)(O)C[C@@H](C)CN(C)[C@H](C)[C@@H](O)[C@]1(C)O. The van der Waals surface area contributed by atoms with E-state index in [1.807, 2.05) is 71.8 Å². The largest absolute Gasteiger partial charge is 0.507 e. The van der Waals surface area contributed by atoms with Gasteiger partial charge in [-0.15, -0.1) is 0 Å². The third-order valence-electron chi connectivity index (χ3n) is 14.7. The summed E-state index contributed by atoms with van der Waals surface area (Å²) in [5.41, 5.74) is -0.408. The van der Waals surface area contributed by atoms with Gasteiger partial charge in [-0.05, 0) is 120 Å². The van der Waals surface area contributed by atoms with Crippen LogP contribution in [0.1, 0.15) is 121 Å².